The number of aliphatic hydroxyl groups is 1. The number of ether oxygens (including phenoxy) is 2. The Labute approximate surface area is 149 Å². The highest BCUT2D eigenvalue weighted by atomic mass is 16.5. The maximum atomic E-state index is 12.8. The molecule has 2 saturated heterocycles. The Bertz CT molecular complexity index is 608. The van der Waals surface area contributed by atoms with Gasteiger partial charge in [-0.05, 0) is 56.4 Å². The van der Waals surface area contributed by atoms with Crippen molar-refractivity contribution in [2.24, 2.45) is 0 Å². The van der Waals surface area contributed by atoms with Gasteiger partial charge in [0.25, 0.3) is 5.91 Å². The number of rotatable bonds is 4. The number of benzene rings is 1. The van der Waals surface area contributed by atoms with Crippen LogP contribution in [0.4, 0.5) is 0 Å². The lowest BCUT2D eigenvalue weighted by Crippen LogP contribution is -2.52. The van der Waals surface area contributed by atoms with Crippen molar-refractivity contribution in [1.82, 2.24) is 4.90 Å². The Morgan fingerprint density at radius 1 is 1.32 bits per heavy atom. The second-order valence-corrected chi connectivity index (χ2v) is 7.33. The maximum absolute atomic E-state index is 12.8. The maximum Gasteiger partial charge on any atom is 0.253 e. The largest absolute Gasteiger partial charge is 0.394 e. The monoisotopic (exact) mass is 347 g/mol. The number of hydrogen-bond donors (Lipinski definition) is 1. The average Bonchev–Trinajstić information content (AvgIpc) is 2.62. The summed E-state index contributed by atoms with van der Waals surface area (Å²) in [6, 6.07) is 5.92. The first kappa shape index (κ1) is 18.4. The molecule has 5 nitrogen and oxygen atoms in total. The van der Waals surface area contributed by atoms with E-state index in [-0.39, 0.29) is 24.2 Å². The molecule has 1 amide bonds. The molecule has 1 unspecified atom stereocenters. The van der Waals surface area contributed by atoms with Gasteiger partial charge in [0.05, 0.1) is 24.9 Å². The first-order valence-electron chi connectivity index (χ1n) is 9.26. The van der Waals surface area contributed by atoms with Crippen molar-refractivity contribution in [3.05, 3.63) is 34.9 Å². The van der Waals surface area contributed by atoms with E-state index in [2.05, 4.69) is 6.92 Å². The van der Waals surface area contributed by atoms with E-state index in [0.29, 0.717) is 13.2 Å². The van der Waals surface area contributed by atoms with Crippen molar-refractivity contribution in [3.8, 4) is 0 Å². The first-order valence-corrected chi connectivity index (χ1v) is 9.26. The summed E-state index contributed by atoms with van der Waals surface area (Å²) in [7, 11) is 0. The van der Waals surface area contributed by atoms with E-state index in [1.165, 1.54) is 5.56 Å². The topological polar surface area (TPSA) is 59.0 Å². The molecule has 3 rings (SSSR count). The Kier molecular flexibility index (Phi) is 5.77. The van der Waals surface area contributed by atoms with Gasteiger partial charge >= 0.3 is 0 Å². The van der Waals surface area contributed by atoms with Crippen LogP contribution in [0.5, 0.6) is 0 Å². The number of carbonyl (C=O) groups excluding carboxylic acids is 1. The van der Waals surface area contributed by atoms with Gasteiger partial charge in [0.15, 0.2) is 0 Å². The standard InChI is InChI=1S/C20H29NO4/c1-15-3-4-17(13-16(15)2)19(23)21-8-6-20(7-9-21)14-18(5-11-25-20)24-12-10-22/h3-4,13,18,22H,5-12,14H2,1-2H3. The van der Waals surface area contributed by atoms with E-state index >= 15 is 0 Å². The van der Waals surface area contributed by atoms with Crippen LogP contribution in [-0.2, 0) is 9.47 Å². The Balaban J connectivity index is 1.59. The average molecular weight is 347 g/mol. The van der Waals surface area contributed by atoms with Gasteiger partial charge in [-0.15, -0.1) is 0 Å². The van der Waals surface area contributed by atoms with Gasteiger partial charge in [0.2, 0.25) is 0 Å². The third kappa shape index (κ3) is 4.22. The highest BCUT2D eigenvalue weighted by Gasteiger charge is 2.41. The summed E-state index contributed by atoms with van der Waals surface area (Å²) in [4.78, 5) is 14.7. The number of likely N-dealkylation sites (tertiary alicyclic amines) is 1. The molecule has 1 atom stereocenters. The Hall–Kier alpha value is -1.43. The van der Waals surface area contributed by atoms with Gasteiger partial charge in [-0.2, -0.15) is 0 Å². The van der Waals surface area contributed by atoms with Crippen LogP contribution >= 0.6 is 0 Å². The molecule has 0 bridgehead atoms. The number of amides is 1. The molecule has 1 aromatic rings. The predicted octanol–water partition coefficient (Wildman–Crippen LogP) is 2.47. The number of nitrogens with zero attached hydrogens (tertiary/aromatic N) is 1. The summed E-state index contributed by atoms with van der Waals surface area (Å²) >= 11 is 0. The fraction of sp³-hybridized carbons (Fsp3) is 0.650. The summed E-state index contributed by atoms with van der Waals surface area (Å²) in [5.41, 5.74) is 2.96. The number of aliphatic hydroxyl groups excluding tert-OH is 1. The van der Waals surface area contributed by atoms with Crippen molar-refractivity contribution in [2.75, 3.05) is 32.9 Å². The van der Waals surface area contributed by atoms with Crippen LogP contribution in [-0.4, -0.2) is 60.5 Å². The number of carbonyl (C=O) groups is 1. The van der Waals surface area contributed by atoms with E-state index in [1.807, 2.05) is 30.0 Å². The molecule has 5 heteroatoms. The third-order valence-corrected chi connectivity index (χ3v) is 5.61. The predicted molar refractivity (Wildman–Crippen MR) is 95.8 cm³/mol. The van der Waals surface area contributed by atoms with Crippen molar-refractivity contribution in [3.63, 3.8) is 0 Å². The zero-order valence-corrected chi connectivity index (χ0v) is 15.3. The normalized spacial score (nSPS) is 23.0. The van der Waals surface area contributed by atoms with Gasteiger partial charge in [0, 0.05) is 31.7 Å². The lowest BCUT2D eigenvalue weighted by atomic mass is 9.83. The smallest absolute Gasteiger partial charge is 0.253 e. The summed E-state index contributed by atoms with van der Waals surface area (Å²) in [5, 5.41) is 8.94. The molecular formula is C20H29NO4. The molecule has 2 aliphatic heterocycles. The fourth-order valence-electron chi connectivity index (χ4n) is 3.87. The molecule has 25 heavy (non-hydrogen) atoms. The third-order valence-electron chi connectivity index (χ3n) is 5.61. The SMILES string of the molecule is Cc1ccc(C(=O)N2CCC3(CC2)CC(OCCO)CCO3)cc1C. The van der Waals surface area contributed by atoms with Crippen LogP contribution in [0.3, 0.4) is 0 Å². The molecule has 0 saturated carbocycles. The molecule has 2 fully saturated rings. The summed E-state index contributed by atoms with van der Waals surface area (Å²) in [6.07, 6.45) is 3.60. The molecule has 1 N–H and O–H groups in total. The van der Waals surface area contributed by atoms with Gasteiger partial charge < -0.3 is 19.5 Å². The first-order chi connectivity index (χ1) is 12.0. The molecule has 0 radical (unpaired) electrons. The van der Waals surface area contributed by atoms with Crippen LogP contribution in [0.1, 0.15) is 47.2 Å². The Morgan fingerprint density at radius 3 is 2.76 bits per heavy atom. The molecule has 0 aromatic heterocycles. The second kappa shape index (κ2) is 7.85. The molecule has 138 valence electrons. The summed E-state index contributed by atoms with van der Waals surface area (Å²) < 4.78 is 11.8. The number of aryl methyl sites for hydroxylation is 2. The van der Waals surface area contributed by atoms with E-state index in [1.54, 1.807) is 0 Å². The molecule has 0 aliphatic carbocycles. The molecule has 1 spiro atoms. The lowest BCUT2D eigenvalue weighted by Gasteiger charge is -2.46. The van der Waals surface area contributed by atoms with E-state index in [9.17, 15) is 4.79 Å². The fourth-order valence-corrected chi connectivity index (χ4v) is 3.87. The zero-order valence-electron chi connectivity index (χ0n) is 15.3. The quantitative estimate of drug-likeness (QED) is 0.909. The van der Waals surface area contributed by atoms with Gasteiger partial charge in [0.1, 0.15) is 0 Å². The highest BCUT2D eigenvalue weighted by molar-refractivity contribution is 5.94. The minimum Gasteiger partial charge on any atom is -0.394 e. The second-order valence-electron chi connectivity index (χ2n) is 7.33. The molecule has 2 heterocycles. The van der Waals surface area contributed by atoms with E-state index < -0.39 is 0 Å². The van der Waals surface area contributed by atoms with Crippen molar-refractivity contribution in [2.45, 2.75) is 51.2 Å². The van der Waals surface area contributed by atoms with Crippen LogP contribution in [0, 0.1) is 13.8 Å². The van der Waals surface area contributed by atoms with Crippen LogP contribution in [0.25, 0.3) is 0 Å². The summed E-state index contributed by atoms with van der Waals surface area (Å²) in [5.74, 6) is 0.113. The van der Waals surface area contributed by atoms with Crippen molar-refractivity contribution >= 4 is 5.91 Å². The Morgan fingerprint density at radius 2 is 2.08 bits per heavy atom. The van der Waals surface area contributed by atoms with Gasteiger partial charge in [-0.1, -0.05) is 6.07 Å². The van der Waals surface area contributed by atoms with Crippen LogP contribution in [0.2, 0.25) is 0 Å². The molecule has 2 aliphatic rings. The molecule has 1 aromatic carbocycles. The minimum absolute atomic E-state index is 0.0581. The number of piperidine rings is 1. The minimum atomic E-state index is -0.168. The van der Waals surface area contributed by atoms with E-state index in [4.69, 9.17) is 14.6 Å². The van der Waals surface area contributed by atoms with Crippen LogP contribution in [0.15, 0.2) is 18.2 Å². The van der Waals surface area contributed by atoms with Gasteiger partial charge in [-0.25, -0.2) is 0 Å². The van der Waals surface area contributed by atoms with Crippen molar-refractivity contribution in [1.29, 1.82) is 0 Å². The summed E-state index contributed by atoms with van der Waals surface area (Å²) in [6.45, 7) is 6.68. The van der Waals surface area contributed by atoms with Crippen molar-refractivity contribution < 1.29 is 19.4 Å². The van der Waals surface area contributed by atoms with Gasteiger partial charge in [-0.3, -0.25) is 4.79 Å². The van der Waals surface area contributed by atoms with E-state index in [0.717, 1.165) is 49.9 Å². The number of hydrogen-bond acceptors (Lipinski definition) is 4. The highest BCUT2D eigenvalue weighted by Crippen LogP contribution is 2.36. The van der Waals surface area contributed by atoms with Crippen LogP contribution < -0.4 is 0 Å². The molecular weight excluding hydrogens is 318 g/mol. The lowest BCUT2D eigenvalue weighted by molar-refractivity contribution is -0.154. The zero-order chi connectivity index (χ0) is 17.9.